The Kier molecular flexibility index (Phi) is 5.75. The number of likely N-dealkylation sites (N-methyl/N-ethyl adjacent to an activating group) is 1. The molecule has 0 bridgehead atoms. The summed E-state index contributed by atoms with van der Waals surface area (Å²) < 4.78 is 27.7. The van der Waals surface area contributed by atoms with Gasteiger partial charge in [0.1, 0.15) is 9.90 Å². The van der Waals surface area contributed by atoms with Crippen molar-refractivity contribution in [1.82, 2.24) is 9.27 Å². The first kappa shape index (κ1) is 16.7. The minimum atomic E-state index is -3.46. The van der Waals surface area contributed by atoms with Crippen LogP contribution in [0.5, 0.6) is 0 Å². The highest BCUT2D eigenvalue weighted by Gasteiger charge is 2.24. The van der Waals surface area contributed by atoms with Gasteiger partial charge in [-0.05, 0) is 25.4 Å². The van der Waals surface area contributed by atoms with Crippen LogP contribution in [0.2, 0.25) is 0 Å². The first-order valence-corrected chi connectivity index (χ1v) is 8.79. The van der Waals surface area contributed by atoms with E-state index in [1.165, 1.54) is 6.92 Å². The maximum atomic E-state index is 11.9. The van der Waals surface area contributed by atoms with Crippen molar-refractivity contribution in [3.05, 3.63) is 0 Å². The summed E-state index contributed by atoms with van der Waals surface area (Å²) in [5.41, 5.74) is 5.61. The third-order valence-corrected chi connectivity index (χ3v) is 5.63. The molecule has 0 aromatic carbocycles. The Hall–Kier alpha value is -1.35. The number of nitrogens with one attached hydrogen (secondary N) is 1. The molecule has 3 N–H and O–H groups in total. The molecule has 0 saturated heterocycles. The van der Waals surface area contributed by atoms with Gasteiger partial charge in [0.15, 0.2) is 15.7 Å². The summed E-state index contributed by atoms with van der Waals surface area (Å²) in [6.07, 6.45) is 0. The topological polar surface area (TPSA) is 105 Å². The van der Waals surface area contributed by atoms with Gasteiger partial charge in [-0.25, -0.2) is 8.42 Å². The second-order valence-corrected chi connectivity index (χ2v) is 7.04. The molecule has 1 amide bonds. The molecule has 114 valence electrons. The molecule has 0 aliphatic heterocycles. The van der Waals surface area contributed by atoms with Crippen LogP contribution in [-0.4, -0.2) is 49.0 Å². The Morgan fingerprint density at radius 3 is 2.45 bits per heavy atom. The first-order valence-electron chi connectivity index (χ1n) is 6.36. The van der Waals surface area contributed by atoms with Gasteiger partial charge in [-0.1, -0.05) is 6.92 Å². The highest BCUT2D eigenvalue weighted by atomic mass is 32.2. The molecule has 9 heteroatoms. The van der Waals surface area contributed by atoms with E-state index in [9.17, 15) is 13.2 Å². The minimum absolute atomic E-state index is 0.00246. The molecule has 0 unspecified atom stereocenters. The second kappa shape index (κ2) is 6.89. The van der Waals surface area contributed by atoms with Crippen molar-refractivity contribution in [2.75, 3.05) is 36.4 Å². The summed E-state index contributed by atoms with van der Waals surface area (Å²) in [6.45, 7) is 6.56. The van der Waals surface area contributed by atoms with Crippen LogP contribution in [0.25, 0.3) is 0 Å². The third kappa shape index (κ3) is 3.60. The van der Waals surface area contributed by atoms with Gasteiger partial charge in [-0.15, -0.1) is 0 Å². The van der Waals surface area contributed by atoms with Crippen LogP contribution in [0.3, 0.4) is 0 Å². The molecule has 0 atom stereocenters. The van der Waals surface area contributed by atoms with E-state index in [0.29, 0.717) is 18.1 Å². The molecule has 1 rings (SSSR count). The lowest BCUT2D eigenvalue weighted by atomic mass is 10.4. The molecular weight excluding hydrogens is 300 g/mol. The number of sulfone groups is 1. The fraction of sp³-hybridized carbons (Fsp3) is 0.636. The highest BCUT2D eigenvalue weighted by Crippen LogP contribution is 2.32. The second-order valence-electron chi connectivity index (χ2n) is 4.05. The van der Waals surface area contributed by atoms with Crippen LogP contribution in [0, 0.1) is 0 Å². The van der Waals surface area contributed by atoms with E-state index in [2.05, 4.69) is 9.69 Å². The van der Waals surface area contributed by atoms with Crippen molar-refractivity contribution < 1.29 is 13.2 Å². The molecule has 0 fully saturated rings. The maximum Gasteiger partial charge on any atom is 0.241 e. The summed E-state index contributed by atoms with van der Waals surface area (Å²) in [7, 11) is -3.46. The fourth-order valence-corrected chi connectivity index (χ4v) is 3.86. The van der Waals surface area contributed by atoms with Gasteiger partial charge in [0.2, 0.25) is 5.91 Å². The molecular formula is C11H20N4O3S2. The summed E-state index contributed by atoms with van der Waals surface area (Å²) in [6, 6.07) is 0. The van der Waals surface area contributed by atoms with E-state index >= 15 is 0 Å². The average molecular weight is 320 g/mol. The number of amides is 1. The SMILES string of the molecule is CCN(CC)C(=O)CNc1snc(N)c1S(=O)(=O)CC. The van der Waals surface area contributed by atoms with Gasteiger partial charge in [0, 0.05) is 13.1 Å². The summed E-state index contributed by atoms with van der Waals surface area (Å²) in [4.78, 5) is 13.5. The number of anilines is 2. The maximum absolute atomic E-state index is 11.9. The normalized spacial score (nSPS) is 11.3. The lowest BCUT2D eigenvalue weighted by Gasteiger charge is -2.18. The van der Waals surface area contributed by atoms with Crippen molar-refractivity contribution in [1.29, 1.82) is 0 Å². The number of hydrogen-bond acceptors (Lipinski definition) is 7. The summed E-state index contributed by atoms with van der Waals surface area (Å²) in [5.74, 6) is -0.176. The molecule has 0 aliphatic rings. The molecule has 0 spiro atoms. The van der Waals surface area contributed by atoms with Gasteiger partial charge < -0.3 is 16.0 Å². The van der Waals surface area contributed by atoms with Crippen LogP contribution in [0.4, 0.5) is 10.8 Å². The van der Waals surface area contributed by atoms with E-state index in [0.717, 1.165) is 11.5 Å². The molecule has 0 aliphatic carbocycles. The predicted molar refractivity (Wildman–Crippen MR) is 80.7 cm³/mol. The van der Waals surface area contributed by atoms with Crippen molar-refractivity contribution in [2.24, 2.45) is 0 Å². The number of aromatic nitrogens is 1. The zero-order valence-electron chi connectivity index (χ0n) is 11.8. The fourth-order valence-electron chi connectivity index (χ4n) is 1.70. The quantitative estimate of drug-likeness (QED) is 0.770. The largest absolute Gasteiger partial charge is 0.382 e. The van der Waals surface area contributed by atoms with Gasteiger partial charge in [0.05, 0.1) is 12.3 Å². The molecule has 0 saturated carbocycles. The van der Waals surface area contributed by atoms with E-state index < -0.39 is 9.84 Å². The summed E-state index contributed by atoms with van der Waals surface area (Å²) >= 11 is 0.951. The van der Waals surface area contributed by atoms with Crippen molar-refractivity contribution in [3.8, 4) is 0 Å². The van der Waals surface area contributed by atoms with Crippen LogP contribution in [0.1, 0.15) is 20.8 Å². The number of nitrogens with two attached hydrogens (primary N) is 1. The molecule has 7 nitrogen and oxygen atoms in total. The van der Waals surface area contributed by atoms with E-state index in [1.807, 2.05) is 13.8 Å². The van der Waals surface area contributed by atoms with Gasteiger partial charge in [-0.2, -0.15) is 4.37 Å². The number of nitrogens with zero attached hydrogens (tertiary/aromatic N) is 2. The van der Waals surface area contributed by atoms with Crippen molar-refractivity contribution >= 4 is 38.1 Å². The van der Waals surface area contributed by atoms with Crippen LogP contribution < -0.4 is 11.1 Å². The van der Waals surface area contributed by atoms with Crippen molar-refractivity contribution in [3.63, 3.8) is 0 Å². The molecule has 0 radical (unpaired) electrons. The predicted octanol–water partition coefficient (Wildman–Crippen LogP) is 0.799. The van der Waals surface area contributed by atoms with E-state index in [1.54, 1.807) is 4.90 Å². The smallest absolute Gasteiger partial charge is 0.241 e. The monoisotopic (exact) mass is 320 g/mol. The zero-order valence-corrected chi connectivity index (χ0v) is 13.5. The number of nitrogen functional groups attached to an aromatic ring is 1. The Bertz CT molecular complexity index is 564. The first-order chi connectivity index (χ1) is 9.37. The standard InChI is InChI=1S/C11H20N4O3S2/c1-4-15(5-2)8(16)7-13-11-9(10(12)14-19-11)20(17,18)6-3/h13H,4-7H2,1-3H3,(H2,12,14). The van der Waals surface area contributed by atoms with Gasteiger partial charge in [0.25, 0.3) is 0 Å². The number of hydrogen-bond donors (Lipinski definition) is 2. The lowest BCUT2D eigenvalue weighted by Crippen LogP contribution is -2.35. The number of carbonyl (C=O) groups is 1. The third-order valence-electron chi connectivity index (χ3n) is 2.88. The Morgan fingerprint density at radius 2 is 1.95 bits per heavy atom. The zero-order chi connectivity index (χ0) is 15.3. The van der Waals surface area contributed by atoms with Crippen LogP contribution in [0.15, 0.2) is 4.90 Å². The van der Waals surface area contributed by atoms with E-state index in [-0.39, 0.29) is 28.9 Å². The molecule has 1 aromatic heterocycles. The highest BCUT2D eigenvalue weighted by molar-refractivity contribution is 7.91. The van der Waals surface area contributed by atoms with Gasteiger partial charge >= 0.3 is 0 Å². The van der Waals surface area contributed by atoms with Crippen LogP contribution >= 0.6 is 11.5 Å². The molecule has 20 heavy (non-hydrogen) atoms. The minimum Gasteiger partial charge on any atom is -0.382 e. The van der Waals surface area contributed by atoms with Crippen molar-refractivity contribution in [2.45, 2.75) is 25.7 Å². The molecule has 1 heterocycles. The van der Waals surface area contributed by atoms with Crippen LogP contribution in [-0.2, 0) is 14.6 Å². The Balaban J connectivity index is 2.88. The van der Waals surface area contributed by atoms with E-state index in [4.69, 9.17) is 5.73 Å². The Morgan fingerprint density at radius 1 is 1.35 bits per heavy atom. The average Bonchev–Trinajstić information content (AvgIpc) is 2.79. The number of carbonyl (C=O) groups excluding carboxylic acids is 1. The Labute approximate surface area is 123 Å². The lowest BCUT2D eigenvalue weighted by molar-refractivity contribution is -0.128. The molecule has 1 aromatic rings. The van der Waals surface area contributed by atoms with Gasteiger partial charge in [-0.3, -0.25) is 4.79 Å². The number of rotatable bonds is 7. The summed E-state index contributed by atoms with van der Waals surface area (Å²) in [5, 5.41) is 3.15.